The van der Waals surface area contributed by atoms with Crippen LogP contribution in [0.4, 0.5) is 0 Å². The van der Waals surface area contributed by atoms with Crippen molar-refractivity contribution >= 4 is 0 Å². The van der Waals surface area contributed by atoms with Crippen LogP contribution in [0.2, 0.25) is 0 Å². The molecule has 3 rings (SSSR count). The molecule has 37 heavy (non-hydrogen) atoms. The molecule has 16 nitrogen and oxygen atoms in total. The Bertz CT molecular complexity index is 715. The van der Waals surface area contributed by atoms with E-state index in [1.807, 2.05) is 0 Å². The summed E-state index contributed by atoms with van der Waals surface area (Å²) in [6, 6.07) is -3.16. The fourth-order valence-electron chi connectivity index (χ4n) is 4.87. The minimum Gasteiger partial charge on any atom is -0.388 e. The van der Waals surface area contributed by atoms with E-state index in [4.69, 9.17) is 58.1 Å². The Morgan fingerprint density at radius 1 is 0.784 bits per heavy atom. The van der Waals surface area contributed by atoms with Gasteiger partial charge in [0.15, 0.2) is 12.6 Å². The van der Waals surface area contributed by atoms with Gasteiger partial charge in [0.25, 0.3) is 0 Å². The van der Waals surface area contributed by atoms with E-state index in [2.05, 4.69) is 0 Å². The molecule has 0 aromatic heterocycles. The number of aliphatic hydroxyl groups is 5. The van der Waals surface area contributed by atoms with E-state index >= 15 is 0 Å². The van der Waals surface area contributed by atoms with Crippen LogP contribution in [0.5, 0.6) is 0 Å². The lowest BCUT2D eigenvalue weighted by atomic mass is 9.84. The predicted molar refractivity (Wildman–Crippen MR) is 127 cm³/mol. The Kier molecular flexibility index (Phi) is 11.0. The van der Waals surface area contributed by atoms with Gasteiger partial charge in [-0.15, -0.1) is 0 Å². The van der Waals surface area contributed by atoms with Crippen LogP contribution in [0.3, 0.4) is 0 Å². The van der Waals surface area contributed by atoms with Crippen LogP contribution in [0.1, 0.15) is 13.3 Å². The molecule has 17 N–H and O–H groups in total. The van der Waals surface area contributed by atoms with Gasteiger partial charge < -0.3 is 83.6 Å². The third kappa shape index (κ3) is 6.75. The molecule has 0 amide bonds. The highest BCUT2D eigenvalue weighted by Gasteiger charge is 2.51. The first-order chi connectivity index (χ1) is 17.4. The molecule has 0 radical (unpaired) electrons. The van der Waals surface area contributed by atoms with Crippen molar-refractivity contribution in [1.82, 2.24) is 0 Å². The van der Waals surface area contributed by atoms with Crippen LogP contribution >= 0.6 is 0 Å². The van der Waals surface area contributed by atoms with Crippen molar-refractivity contribution in [2.75, 3.05) is 19.7 Å². The minimum absolute atomic E-state index is 0.0510. The Hall–Kier alpha value is -0.640. The molecule has 16 heteroatoms. The maximum absolute atomic E-state index is 11.1. The molecule has 2 aliphatic heterocycles. The lowest BCUT2D eigenvalue weighted by Crippen LogP contribution is -2.68. The summed E-state index contributed by atoms with van der Waals surface area (Å²) in [5, 5.41) is 52.7. The number of rotatable bonds is 9. The highest BCUT2D eigenvalue weighted by atomic mass is 16.7. The van der Waals surface area contributed by atoms with E-state index in [1.165, 1.54) is 0 Å². The molecule has 1 saturated carbocycles. The molecule has 0 bridgehead atoms. The maximum atomic E-state index is 11.1. The molecule has 0 unspecified atom stereocenters. The second-order valence-corrected chi connectivity index (χ2v) is 10.1. The first kappa shape index (κ1) is 30.9. The number of aliphatic hydroxyl groups excluding tert-OH is 5. The molecule has 0 aromatic rings. The van der Waals surface area contributed by atoms with Gasteiger partial charge in [0, 0.05) is 31.2 Å². The van der Waals surface area contributed by atoms with Crippen molar-refractivity contribution in [2.45, 2.75) is 111 Å². The first-order valence-electron chi connectivity index (χ1n) is 12.5. The first-order valence-corrected chi connectivity index (χ1v) is 12.5. The van der Waals surface area contributed by atoms with Crippen LogP contribution in [-0.4, -0.2) is 143 Å². The standard InChI is InChI=1S/C21H44N6O10/c1-6-17(33-5-7(24)3-22)14(30)15(31)21(34-6)37-19-9(26)2-8(25)18(16(19)32)36-20-11(27)13(29)12(28)10(4-23)35-20/h6-21,28-32H,2-5,22-27H2,1H3/t6-,7-,8+,9-,10-,11-,12-,13-,14-,15-,16+,17-,18-,19+,20-,21-/m1/s1. The summed E-state index contributed by atoms with van der Waals surface area (Å²) in [6.07, 6.45) is -14.3. The van der Waals surface area contributed by atoms with Gasteiger partial charge in [-0.3, -0.25) is 0 Å². The van der Waals surface area contributed by atoms with Gasteiger partial charge in [-0.25, -0.2) is 0 Å². The Morgan fingerprint density at radius 3 is 1.95 bits per heavy atom. The van der Waals surface area contributed by atoms with Crippen LogP contribution in [0.25, 0.3) is 0 Å². The van der Waals surface area contributed by atoms with Gasteiger partial charge in [-0.05, 0) is 13.3 Å². The lowest BCUT2D eigenvalue weighted by Gasteiger charge is -2.48. The normalized spacial score (nSPS) is 50.1. The number of hydrogen-bond donors (Lipinski definition) is 11. The SMILES string of the molecule is C[C@H]1O[C@H](O[C@@H]2[C@@H](O)[C@H](O[C@H]3O[C@H](CN)[C@@H](O)[C@H](O)[C@H]3N)[C@@H](N)C[C@H]2N)[C@H](O)[C@@H](O)[C@@H]1OC[C@H](N)CN. The number of hydrogen-bond acceptors (Lipinski definition) is 16. The largest absolute Gasteiger partial charge is 0.388 e. The zero-order valence-corrected chi connectivity index (χ0v) is 20.8. The van der Waals surface area contributed by atoms with Crippen molar-refractivity contribution in [3.63, 3.8) is 0 Å². The average molecular weight is 541 g/mol. The topological polar surface area (TPSA) is 303 Å². The molecule has 0 aromatic carbocycles. The van der Waals surface area contributed by atoms with E-state index < -0.39 is 97.8 Å². The molecule has 2 heterocycles. The van der Waals surface area contributed by atoms with Gasteiger partial charge >= 0.3 is 0 Å². The van der Waals surface area contributed by atoms with Gasteiger partial charge in [0.05, 0.1) is 18.8 Å². The Balaban J connectivity index is 1.67. The molecule has 16 atom stereocenters. The molecule has 3 fully saturated rings. The summed E-state index contributed by atoms with van der Waals surface area (Å²) < 4.78 is 28.6. The van der Waals surface area contributed by atoms with Crippen molar-refractivity contribution in [3.05, 3.63) is 0 Å². The molecular weight excluding hydrogens is 496 g/mol. The minimum atomic E-state index is -1.54. The van der Waals surface area contributed by atoms with E-state index in [9.17, 15) is 25.5 Å². The summed E-state index contributed by atoms with van der Waals surface area (Å²) in [4.78, 5) is 0. The monoisotopic (exact) mass is 540 g/mol. The van der Waals surface area contributed by atoms with Crippen LogP contribution < -0.4 is 34.4 Å². The molecule has 1 aliphatic carbocycles. The van der Waals surface area contributed by atoms with E-state index in [1.54, 1.807) is 6.92 Å². The molecule has 3 aliphatic rings. The zero-order valence-electron chi connectivity index (χ0n) is 20.8. The molecule has 0 spiro atoms. The number of nitrogens with two attached hydrogens (primary N) is 6. The molecular formula is C21H44N6O10. The van der Waals surface area contributed by atoms with Gasteiger partial charge in [0.2, 0.25) is 0 Å². The summed E-state index contributed by atoms with van der Waals surface area (Å²) in [5.41, 5.74) is 35.2. The predicted octanol–water partition coefficient (Wildman–Crippen LogP) is -6.95. The zero-order chi connectivity index (χ0) is 27.6. The highest BCUT2D eigenvalue weighted by Crippen LogP contribution is 2.31. The second-order valence-electron chi connectivity index (χ2n) is 10.1. The quantitative estimate of drug-likeness (QED) is 0.129. The van der Waals surface area contributed by atoms with Crippen LogP contribution in [-0.2, 0) is 23.7 Å². The van der Waals surface area contributed by atoms with Gasteiger partial charge in [-0.2, -0.15) is 0 Å². The van der Waals surface area contributed by atoms with Crippen LogP contribution in [0.15, 0.2) is 0 Å². The van der Waals surface area contributed by atoms with Gasteiger partial charge in [-0.1, -0.05) is 0 Å². The van der Waals surface area contributed by atoms with Crippen molar-refractivity contribution in [1.29, 1.82) is 0 Å². The lowest BCUT2D eigenvalue weighted by molar-refractivity contribution is -0.330. The van der Waals surface area contributed by atoms with E-state index in [0.29, 0.717) is 0 Å². The fourth-order valence-corrected chi connectivity index (χ4v) is 4.87. The van der Waals surface area contributed by atoms with E-state index in [-0.39, 0.29) is 26.1 Å². The summed E-state index contributed by atoms with van der Waals surface area (Å²) >= 11 is 0. The number of ether oxygens (including phenoxy) is 5. The third-order valence-electron chi connectivity index (χ3n) is 7.21. The average Bonchev–Trinajstić information content (AvgIpc) is 2.86. The summed E-state index contributed by atoms with van der Waals surface area (Å²) in [6.45, 7) is 1.74. The van der Waals surface area contributed by atoms with Crippen molar-refractivity contribution in [2.24, 2.45) is 34.4 Å². The third-order valence-corrected chi connectivity index (χ3v) is 7.21. The van der Waals surface area contributed by atoms with Gasteiger partial charge in [0.1, 0.15) is 54.9 Å². The summed E-state index contributed by atoms with van der Waals surface area (Å²) in [5.74, 6) is 0. The summed E-state index contributed by atoms with van der Waals surface area (Å²) in [7, 11) is 0. The molecule has 2 saturated heterocycles. The maximum Gasteiger partial charge on any atom is 0.187 e. The Labute approximate surface area is 215 Å². The van der Waals surface area contributed by atoms with E-state index in [0.717, 1.165) is 0 Å². The second kappa shape index (κ2) is 13.1. The Morgan fingerprint density at radius 2 is 1.38 bits per heavy atom. The van der Waals surface area contributed by atoms with Crippen LogP contribution in [0, 0.1) is 0 Å². The smallest absolute Gasteiger partial charge is 0.187 e. The van der Waals surface area contributed by atoms with Crippen molar-refractivity contribution < 1.29 is 49.2 Å². The van der Waals surface area contributed by atoms with Crippen molar-refractivity contribution in [3.8, 4) is 0 Å². The fraction of sp³-hybridized carbons (Fsp3) is 1.00. The molecule has 218 valence electrons. The highest BCUT2D eigenvalue weighted by molar-refractivity contribution is 5.01.